The van der Waals surface area contributed by atoms with Crippen molar-refractivity contribution in [3.8, 4) is 0 Å². The second kappa shape index (κ2) is 7.43. The molecule has 1 aliphatic heterocycles. The molecular formula is C19H20N2O5. The van der Waals surface area contributed by atoms with Gasteiger partial charge in [-0.25, -0.2) is 4.79 Å². The van der Waals surface area contributed by atoms with E-state index in [4.69, 9.17) is 9.52 Å². The molecule has 2 N–H and O–H groups in total. The third-order valence-corrected chi connectivity index (χ3v) is 4.59. The number of carboxylic acids is 1. The SMILES string of the molecule is C[C@H](c1ccccc1)N1C[C@@H](C(=O)NCc2ccc(C(=O)O)o2)CC1=O. The number of rotatable bonds is 6. The molecule has 0 saturated carbocycles. The average molecular weight is 356 g/mol. The topological polar surface area (TPSA) is 99.8 Å². The summed E-state index contributed by atoms with van der Waals surface area (Å²) >= 11 is 0. The van der Waals surface area contributed by atoms with Crippen LogP contribution in [0.1, 0.15) is 41.3 Å². The van der Waals surface area contributed by atoms with Crippen molar-refractivity contribution in [1.82, 2.24) is 10.2 Å². The van der Waals surface area contributed by atoms with E-state index in [1.807, 2.05) is 37.3 Å². The van der Waals surface area contributed by atoms with Gasteiger partial charge in [0.15, 0.2) is 0 Å². The summed E-state index contributed by atoms with van der Waals surface area (Å²) in [6.07, 6.45) is 0.168. The third kappa shape index (κ3) is 3.77. The molecule has 2 heterocycles. The summed E-state index contributed by atoms with van der Waals surface area (Å²) in [5.41, 5.74) is 1.03. The second-order valence-corrected chi connectivity index (χ2v) is 6.32. The van der Waals surface area contributed by atoms with Crippen LogP contribution >= 0.6 is 0 Å². The summed E-state index contributed by atoms with van der Waals surface area (Å²) in [5.74, 6) is -1.69. The third-order valence-electron chi connectivity index (χ3n) is 4.59. The minimum atomic E-state index is -1.16. The molecule has 1 fully saturated rings. The Bertz CT molecular complexity index is 814. The fourth-order valence-electron chi connectivity index (χ4n) is 3.10. The lowest BCUT2D eigenvalue weighted by molar-refractivity contribution is -0.130. The Morgan fingerprint density at radius 3 is 2.65 bits per heavy atom. The van der Waals surface area contributed by atoms with Crippen molar-refractivity contribution in [3.05, 3.63) is 59.5 Å². The maximum Gasteiger partial charge on any atom is 0.371 e. The molecule has 1 aromatic carbocycles. The molecule has 7 heteroatoms. The fourth-order valence-corrected chi connectivity index (χ4v) is 3.10. The van der Waals surface area contributed by atoms with Gasteiger partial charge in [0, 0.05) is 13.0 Å². The standard InChI is InChI=1S/C19H20N2O5/c1-12(13-5-3-2-4-6-13)21-11-14(9-17(21)22)18(23)20-10-15-7-8-16(26-15)19(24)25/h2-8,12,14H,9-11H2,1H3,(H,20,23)(H,24,25)/t12-,14+/m1/s1. The molecule has 3 rings (SSSR count). The van der Waals surface area contributed by atoms with Crippen LogP contribution in [0.3, 0.4) is 0 Å². The molecule has 2 aromatic rings. The van der Waals surface area contributed by atoms with E-state index in [-0.39, 0.29) is 36.6 Å². The van der Waals surface area contributed by atoms with Gasteiger partial charge in [0.25, 0.3) is 0 Å². The first-order chi connectivity index (χ1) is 12.5. The number of benzene rings is 1. The summed E-state index contributed by atoms with van der Waals surface area (Å²) in [4.78, 5) is 37.2. The van der Waals surface area contributed by atoms with Crippen LogP contribution in [0.4, 0.5) is 0 Å². The van der Waals surface area contributed by atoms with Gasteiger partial charge in [-0.2, -0.15) is 0 Å². The van der Waals surface area contributed by atoms with E-state index in [9.17, 15) is 14.4 Å². The van der Waals surface area contributed by atoms with Crippen LogP contribution < -0.4 is 5.32 Å². The number of hydrogen-bond acceptors (Lipinski definition) is 4. The van der Waals surface area contributed by atoms with Crippen LogP contribution in [0.25, 0.3) is 0 Å². The van der Waals surface area contributed by atoms with Crippen LogP contribution in [0.2, 0.25) is 0 Å². The van der Waals surface area contributed by atoms with E-state index in [0.29, 0.717) is 12.3 Å². The average Bonchev–Trinajstić information content (AvgIpc) is 3.27. The van der Waals surface area contributed by atoms with Crippen molar-refractivity contribution in [2.75, 3.05) is 6.54 Å². The normalized spacial score (nSPS) is 18.0. The molecule has 136 valence electrons. The lowest BCUT2D eigenvalue weighted by Crippen LogP contribution is -2.33. The number of amides is 2. The van der Waals surface area contributed by atoms with Crippen LogP contribution in [0.5, 0.6) is 0 Å². The Morgan fingerprint density at radius 2 is 2.00 bits per heavy atom. The van der Waals surface area contributed by atoms with Gasteiger partial charge in [-0.05, 0) is 24.6 Å². The predicted octanol–water partition coefficient (Wildman–Crippen LogP) is 2.20. The van der Waals surface area contributed by atoms with Gasteiger partial charge in [-0.1, -0.05) is 30.3 Å². The smallest absolute Gasteiger partial charge is 0.371 e. The van der Waals surface area contributed by atoms with E-state index < -0.39 is 11.9 Å². The Morgan fingerprint density at radius 1 is 1.27 bits per heavy atom. The summed E-state index contributed by atoms with van der Waals surface area (Å²) in [5, 5.41) is 11.5. The molecule has 1 aromatic heterocycles. The Labute approximate surface area is 150 Å². The summed E-state index contributed by atoms with van der Waals surface area (Å²) in [7, 11) is 0. The van der Waals surface area contributed by atoms with Crippen molar-refractivity contribution in [3.63, 3.8) is 0 Å². The molecule has 26 heavy (non-hydrogen) atoms. The highest BCUT2D eigenvalue weighted by molar-refractivity contribution is 5.89. The second-order valence-electron chi connectivity index (χ2n) is 6.32. The lowest BCUT2D eigenvalue weighted by Gasteiger charge is -2.25. The Kier molecular flexibility index (Phi) is 5.06. The van der Waals surface area contributed by atoms with Crippen LogP contribution in [-0.2, 0) is 16.1 Å². The van der Waals surface area contributed by atoms with Crippen LogP contribution in [0, 0.1) is 5.92 Å². The van der Waals surface area contributed by atoms with E-state index in [2.05, 4.69) is 5.32 Å². The first-order valence-electron chi connectivity index (χ1n) is 8.40. The highest BCUT2D eigenvalue weighted by Crippen LogP contribution is 2.28. The first-order valence-corrected chi connectivity index (χ1v) is 8.40. The zero-order valence-corrected chi connectivity index (χ0v) is 14.3. The van der Waals surface area contributed by atoms with Gasteiger partial charge >= 0.3 is 5.97 Å². The van der Waals surface area contributed by atoms with E-state index >= 15 is 0 Å². The molecular weight excluding hydrogens is 336 g/mol. The minimum absolute atomic E-state index is 0.0485. The zero-order valence-electron chi connectivity index (χ0n) is 14.3. The summed E-state index contributed by atoms with van der Waals surface area (Å²) in [6.45, 7) is 2.40. The molecule has 0 bridgehead atoms. The van der Waals surface area contributed by atoms with Crippen LogP contribution in [-0.4, -0.2) is 34.3 Å². The number of nitrogens with one attached hydrogen (secondary N) is 1. The minimum Gasteiger partial charge on any atom is -0.475 e. The number of carboxylic acid groups (broad SMARTS) is 1. The molecule has 0 radical (unpaired) electrons. The number of likely N-dealkylation sites (tertiary alicyclic amines) is 1. The van der Waals surface area contributed by atoms with E-state index in [1.54, 1.807) is 4.90 Å². The van der Waals surface area contributed by atoms with Gasteiger partial charge in [-0.15, -0.1) is 0 Å². The summed E-state index contributed by atoms with van der Waals surface area (Å²) in [6, 6.07) is 12.4. The summed E-state index contributed by atoms with van der Waals surface area (Å²) < 4.78 is 5.10. The molecule has 1 saturated heterocycles. The van der Waals surface area contributed by atoms with Crippen molar-refractivity contribution in [2.24, 2.45) is 5.92 Å². The first kappa shape index (κ1) is 17.7. The van der Waals surface area contributed by atoms with Crippen molar-refractivity contribution < 1.29 is 23.9 Å². The molecule has 2 amide bonds. The number of aromatic carboxylic acids is 1. The number of carbonyl (C=O) groups excluding carboxylic acids is 2. The van der Waals surface area contributed by atoms with E-state index in [1.165, 1.54) is 12.1 Å². The maximum absolute atomic E-state index is 12.4. The molecule has 0 spiro atoms. The highest BCUT2D eigenvalue weighted by Gasteiger charge is 2.36. The van der Waals surface area contributed by atoms with Crippen molar-refractivity contribution in [1.29, 1.82) is 0 Å². The zero-order chi connectivity index (χ0) is 18.7. The molecule has 1 aliphatic rings. The van der Waals surface area contributed by atoms with Gasteiger partial charge in [0.2, 0.25) is 17.6 Å². The monoisotopic (exact) mass is 356 g/mol. The van der Waals surface area contributed by atoms with Gasteiger partial charge in [0.05, 0.1) is 18.5 Å². The molecule has 7 nitrogen and oxygen atoms in total. The number of nitrogens with zero attached hydrogens (tertiary/aromatic N) is 1. The van der Waals surface area contributed by atoms with Gasteiger partial charge in [0.1, 0.15) is 5.76 Å². The van der Waals surface area contributed by atoms with E-state index in [0.717, 1.165) is 5.56 Å². The molecule has 2 atom stereocenters. The quantitative estimate of drug-likeness (QED) is 0.826. The molecule has 0 aliphatic carbocycles. The highest BCUT2D eigenvalue weighted by atomic mass is 16.4. The predicted molar refractivity (Wildman–Crippen MR) is 92.2 cm³/mol. The molecule has 0 unspecified atom stereocenters. The Balaban J connectivity index is 1.57. The number of furan rings is 1. The maximum atomic E-state index is 12.4. The lowest BCUT2D eigenvalue weighted by atomic mass is 10.1. The van der Waals surface area contributed by atoms with Crippen molar-refractivity contribution >= 4 is 17.8 Å². The van der Waals surface area contributed by atoms with Crippen LogP contribution in [0.15, 0.2) is 46.9 Å². The number of hydrogen-bond donors (Lipinski definition) is 2. The van der Waals surface area contributed by atoms with Crippen molar-refractivity contribution in [2.45, 2.75) is 25.9 Å². The van der Waals surface area contributed by atoms with Gasteiger partial charge < -0.3 is 19.7 Å². The number of carbonyl (C=O) groups is 3. The largest absolute Gasteiger partial charge is 0.475 e. The van der Waals surface area contributed by atoms with Gasteiger partial charge in [-0.3, -0.25) is 9.59 Å². The Hall–Kier alpha value is -3.09. The fraction of sp³-hybridized carbons (Fsp3) is 0.316.